The van der Waals surface area contributed by atoms with E-state index in [0.717, 1.165) is 62.7 Å². The highest BCUT2D eigenvalue weighted by molar-refractivity contribution is 7.09. The van der Waals surface area contributed by atoms with Crippen molar-refractivity contribution in [3.05, 3.63) is 91.3 Å². The van der Waals surface area contributed by atoms with Crippen molar-refractivity contribution < 1.29 is 0 Å². The maximum atomic E-state index is 5.61. The van der Waals surface area contributed by atoms with Crippen LogP contribution in [0, 0.1) is 27.7 Å². The van der Waals surface area contributed by atoms with Crippen molar-refractivity contribution in [3.8, 4) is 0 Å². The van der Waals surface area contributed by atoms with Crippen LogP contribution in [0.15, 0.2) is 47.2 Å². The van der Waals surface area contributed by atoms with Crippen molar-refractivity contribution in [3.63, 3.8) is 0 Å². The molecule has 0 radical (unpaired) electrons. The van der Waals surface area contributed by atoms with Crippen LogP contribution in [0.3, 0.4) is 0 Å². The van der Waals surface area contributed by atoms with Gasteiger partial charge in [-0.25, -0.2) is 19.9 Å². The summed E-state index contributed by atoms with van der Waals surface area (Å²) in [5, 5.41) is 6.10. The highest BCUT2D eigenvalue weighted by Crippen LogP contribution is 2.21. The molecule has 0 amide bonds. The third kappa shape index (κ3) is 5.53. The minimum atomic E-state index is 0.507. The number of hydrogen-bond acceptors (Lipinski definition) is 8. The van der Waals surface area contributed by atoms with Crippen LogP contribution >= 0.6 is 22.7 Å². The molecule has 4 aromatic heterocycles. The third-order valence-electron chi connectivity index (χ3n) is 6.38. The van der Waals surface area contributed by atoms with Gasteiger partial charge in [-0.1, -0.05) is 12.1 Å². The minimum Gasteiger partial charge on any atom is -0.325 e. The fraction of sp³-hybridized carbons (Fsp3) is 0.286. The van der Waals surface area contributed by atoms with Gasteiger partial charge in [-0.05, 0) is 63.1 Å². The van der Waals surface area contributed by atoms with E-state index >= 15 is 0 Å². The van der Waals surface area contributed by atoms with Crippen molar-refractivity contribution in [1.82, 2.24) is 29.1 Å². The van der Waals surface area contributed by atoms with E-state index in [1.54, 1.807) is 22.7 Å². The second-order valence-corrected chi connectivity index (χ2v) is 11.2. The number of aryl methyl sites for hydroxylation is 4. The van der Waals surface area contributed by atoms with Gasteiger partial charge < -0.3 is 20.6 Å². The molecule has 0 unspecified atom stereocenters. The lowest BCUT2D eigenvalue weighted by Gasteiger charge is -2.04. The Balaban J connectivity index is 0.000000155. The molecule has 8 nitrogen and oxygen atoms in total. The van der Waals surface area contributed by atoms with E-state index < -0.39 is 0 Å². The lowest BCUT2D eigenvalue weighted by molar-refractivity contribution is 0.764. The Labute approximate surface area is 230 Å². The molecule has 0 bridgehead atoms. The fourth-order valence-electron chi connectivity index (χ4n) is 4.47. The maximum absolute atomic E-state index is 5.61. The monoisotopic (exact) mass is 544 g/mol. The van der Waals surface area contributed by atoms with Gasteiger partial charge in [0.05, 0.1) is 46.5 Å². The van der Waals surface area contributed by atoms with E-state index in [1.165, 1.54) is 16.6 Å². The molecule has 196 valence electrons. The van der Waals surface area contributed by atoms with Gasteiger partial charge in [0.2, 0.25) is 0 Å². The number of benzene rings is 2. The zero-order valence-corrected chi connectivity index (χ0v) is 23.7. The lowest BCUT2D eigenvalue weighted by Crippen LogP contribution is -2.03. The molecule has 0 atom stereocenters. The molecule has 0 saturated carbocycles. The van der Waals surface area contributed by atoms with Gasteiger partial charge in [0.25, 0.3) is 0 Å². The predicted octanol–water partition coefficient (Wildman–Crippen LogP) is 5.23. The van der Waals surface area contributed by atoms with E-state index in [4.69, 9.17) is 11.5 Å². The molecule has 0 spiro atoms. The largest absolute Gasteiger partial charge is 0.325 e. The summed E-state index contributed by atoms with van der Waals surface area (Å²) >= 11 is 3.23. The van der Waals surface area contributed by atoms with Crippen LogP contribution < -0.4 is 11.5 Å². The fourth-order valence-corrected chi connectivity index (χ4v) is 5.80. The van der Waals surface area contributed by atoms with Crippen molar-refractivity contribution >= 4 is 44.7 Å². The first-order chi connectivity index (χ1) is 18.3. The lowest BCUT2D eigenvalue weighted by atomic mass is 10.2. The van der Waals surface area contributed by atoms with Crippen LogP contribution in [0.4, 0.5) is 0 Å². The molecule has 6 aromatic rings. The first kappa shape index (κ1) is 26.2. The number of imidazole rings is 2. The molecule has 2 aromatic carbocycles. The van der Waals surface area contributed by atoms with Crippen molar-refractivity contribution in [2.45, 2.75) is 53.9 Å². The predicted molar refractivity (Wildman–Crippen MR) is 157 cm³/mol. The number of hydrogen-bond donors (Lipinski definition) is 2. The van der Waals surface area contributed by atoms with Gasteiger partial charge in [-0.2, -0.15) is 0 Å². The van der Waals surface area contributed by atoms with Crippen molar-refractivity contribution in [2.24, 2.45) is 11.5 Å². The Morgan fingerprint density at radius 2 is 1.16 bits per heavy atom. The summed E-state index contributed by atoms with van der Waals surface area (Å²) in [6.07, 6.45) is 0. The molecular formula is C28H32N8S2. The van der Waals surface area contributed by atoms with Crippen LogP contribution in [0.25, 0.3) is 22.1 Å². The van der Waals surface area contributed by atoms with Gasteiger partial charge in [-0.15, -0.1) is 22.7 Å². The second-order valence-electron chi connectivity index (χ2n) is 9.35. The molecule has 0 aliphatic heterocycles. The van der Waals surface area contributed by atoms with Crippen LogP contribution in [0.1, 0.15) is 44.2 Å². The topological polar surface area (TPSA) is 113 Å². The molecule has 0 saturated heterocycles. The zero-order valence-electron chi connectivity index (χ0n) is 22.1. The van der Waals surface area contributed by atoms with E-state index in [2.05, 4.69) is 90.1 Å². The summed E-state index contributed by atoms with van der Waals surface area (Å²) in [6, 6.07) is 12.7. The molecular weight excluding hydrogens is 512 g/mol. The Hall–Kier alpha value is -3.44. The zero-order chi connectivity index (χ0) is 26.8. The van der Waals surface area contributed by atoms with Gasteiger partial charge in [0.1, 0.15) is 21.7 Å². The molecule has 38 heavy (non-hydrogen) atoms. The minimum absolute atomic E-state index is 0.507. The van der Waals surface area contributed by atoms with Gasteiger partial charge in [0.15, 0.2) is 0 Å². The van der Waals surface area contributed by atoms with Crippen LogP contribution in [-0.4, -0.2) is 29.1 Å². The van der Waals surface area contributed by atoms with Crippen molar-refractivity contribution in [2.75, 3.05) is 0 Å². The second kappa shape index (κ2) is 11.1. The Bertz CT molecular complexity index is 1700. The van der Waals surface area contributed by atoms with Crippen LogP contribution in [0.2, 0.25) is 0 Å². The number of aromatic nitrogens is 6. The summed E-state index contributed by atoms with van der Waals surface area (Å²) in [7, 11) is 0. The molecule has 10 heteroatoms. The third-order valence-corrected chi connectivity index (χ3v) is 8.22. The molecule has 0 fully saturated rings. The number of fused-ring (bicyclic) bond motifs is 2. The maximum Gasteiger partial charge on any atom is 0.107 e. The normalized spacial score (nSPS) is 11.3. The highest BCUT2D eigenvalue weighted by atomic mass is 32.1. The SMILES string of the molecule is Cc1ccc2c(c1)nc(C)n2Cc1csc(CN)n1.Cc1ccc2nc(C)n(Cc3csc(CN)n3)c2c1. The highest BCUT2D eigenvalue weighted by Gasteiger charge is 2.11. The first-order valence-corrected chi connectivity index (χ1v) is 14.2. The van der Waals surface area contributed by atoms with Crippen LogP contribution in [-0.2, 0) is 26.2 Å². The Morgan fingerprint density at radius 1 is 0.632 bits per heavy atom. The summed E-state index contributed by atoms with van der Waals surface area (Å²) in [5.41, 5.74) is 20.2. The van der Waals surface area contributed by atoms with E-state index in [0.29, 0.717) is 13.1 Å². The molecule has 4 heterocycles. The van der Waals surface area contributed by atoms with Crippen LogP contribution in [0.5, 0.6) is 0 Å². The standard InChI is InChI=1S/2C14H16N4S/c1-9-3-4-13-12(5-9)16-10(2)18(13)7-11-8-19-14(6-15)17-11;1-9-3-4-12-13(5-9)18(10(2)16-12)7-11-8-19-14(6-15)17-11/h2*3-5,8H,6-7,15H2,1-2H3. The Kier molecular flexibility index (Phi) is 7.66. The summed E-state index contributed by atoms with van der Waals surface area (Å²) in [4.78, 5) is 18.2. The molecule has 6 rings (SSSR count). The summed E-state index contributed by atoms with van der Waals surface area (Å²) < 4.78 is 4.40. The number of thiazole rings is 2. The Morgan fingerprint density at radius 3 is 1.74 bits per heavy atom. The van der Waals surface area contributed by atoms with Gasteiger partial charge >= 0.3 is 0 Å². The number of nitrogens with two attached hydrogens (primary N) is 2. The van der Waals surface area contributed by atoms with Gasteiger partial charge in [-0.3, -0.25) is 0 Å². The summed E-state index contributed by atoms with van der Waals surface area (Å²) in [6.45, 7) is 10.8. The first-order valence-electron chi connectivity index (χ1n) is 12.5. The van der Waals surface area contributed by atoms with E-state index in [9.17, 15) is 0 Å². The van der Waals surface area contributed by atoms with Gasteiger partial charge in [0, 0.05) is 23.8 Å². The number of rotatable bonds is 6. The average Bonchev–Trinajstić information content (AvgIpc) is 3.67. The molecule has 0 aliphatic carbocycles. The smallest absolute Gasteiger partial charge is 0.107 e. The van der Waals surface area contributed by atoms with E-state index in [-0.39, 0.29) is 0 Å². The quantitative estimate of drug-likeness (QED) is 0.297. The van der Waals surface area contributed by atoms with Crippen molar-refractivity contribution in [1.29, 1.82) is 0 Å². The summed E-state index contributed by atoms with van der Waals surface area (Å²) in [5.74, 6) is 2.03. The number of nitrogens with zero attached hydrogens (tertiary/aromatic N) is 6. The average molecular weight is 545 g/mol. The van der Waals surface area contributed by atoms with E-state index in [1.807, 2.05) is 13.8 Å². The molecule has 4 N–H and O–H groups in total. The molecule has 0 aliphatic rings.